The fourth-order valence-corrected chi connectivity index (χ4v) is 5.69. The number of carbonyl (C=O) groups is 1. The number of nitrogens with one attached hydrogen (secondary N) is 1. The molecule has 0 aliphatic heterocycles. The van der Waals surface area contributed by atoms with Gasteiger partial charge in [-0.2, -0.15) is 0 Å². The molecule has 0 aromatic heterocycles. The van der Waals surface area contributed by atoms with Gasteiger partial charge in [-0.25, -0.2) is 0 Å². The molecular formula is C19H27N2O2+. The number of hydrogen-bond acceptors (Lipinski definition) is 2. The minimum absolute atomic E-state index is 0.0743. The maximum atomic E-state index is 12.4. The summed E-state index contributed by atoms with van der Waals surface area (Å²) in [6.07, 6.45) is 8.30. The van der Waals surface area contributed by atoms with Crippen LogP contribution in [-0.2, 0) is 4.79 Å². The van der Waals surface area contributed by atoms with Crippen molar-refractivity contribution < 1.29 is 14.8 Å². The Morgan fingerprint density at radius 1 is 1.17 bits per heavy atom. The van der Waals surface area contributed by atoms with Gasteiger partial charge in [-0.15, -0.1) is 0 Å². The minimum atomic E-state index is 0.0743. The van der Waals surface area contributed by atoms with E-state index >= 15 is 0 Å². The largest absolute Gasteiger partial charge is 0.495 e. The molecular weight excluding hydrogens is 288 g/mol. The van der Waals surface area contributed by atoms with Crippen LogP contribution in [0.5, 0.6) is 5.75 Å². The summed E-state index contributed by atoms with van der Waals surface area (Å²) in [6, 6.07) is 7.59. The van der Waals surface area contributed by atoms with Crippen LogP contribution in [0.2, 0.25) is 0 Å². The molecule has 1 amide bonds. The zero-order valence-corrected chi connectivity index (χ0v) is 13.9. The number of amides is 1. The predicted octanol–water partition coefficient (Wildman–Crippen LogP) is 2.17. The van der Waals surface area contributed by atoms with Gasteiger partial charge in [0.25, 0.3) is 5.91 Å². The Hall–Kier alpha value is -1.55. The molecule has 4 heteroatoms. The molecule has 4 bridgehead atoms. The number of carbonyl (C=O) groups excluding carboxylic acids is 1. The maximum absolute atomic E-state index is 12.4. The third-order valence-electron chi connectivity index (χ3n) is 6.19. The van der Waals surface area contributed by atoms with Crippen LogP contribution in [0, 0.1) is 17.8 Å². The lowest BCUT2D eigenvalue weighted by Gasteiger charge is -2.54. The van der Waals surface area contributed by atoms with Gasteiger partial charge in [0.15, 0.2) is 6.54 Å². The third-order valence-corrected chi connectivity index (χ3v) is 6.19. The molecule has 4 fully saturated rings. The first-order valence-electron chi connectivity index (χ1n) is 8.93. The average molecular weight is 315 g/mol. The second-order valence-corrected chi connectivity index (χ2v) is 7.94. The molecule has 0 saturated heterocycles. The summed E-state index contributed by atoms with van der Waals surface area (Å²) in [5.74, 6) is 3.57. The van der Waals surface area contributed by atoms with Crippen LogP contribution in [0.4, 0.5) is 5.69 Å². The van der Waals surface area contributed by atoms with Crippen molar-refractivity contribution in [3.8, 4) is 5.75 Å². The molecule has 4 saturated carbocycles. The fraction of sp³-hybridized carbons (Fsp3) is 0.632. The zero-order chi connectivity index (χ0) is 15.9. The van der Waals surface area contributed by atoms with Crippen LogP contribution < -0.4 is 15.4 Å². The zero-order valence-electron chi connectivity index (χ0n) is 13.9. The monoisotopic (exact) mass is 315 g/mol. The summed E-state index contributed by atoms with van der Waals surface area (Å²) in [5.41, 5.74) is 1.12. The highest BCUT2D eigenvalue weighted by Crippen LogP contribution is 2.54. The van der Waals surface area contributed by atoms with Crippen LogP contribution in [0.3, 0.4) is 0 Å². The van der Waals surface area contributed by atoms with Crippen molar-refractivity contribution in [3.05, 3.63) is 24.3 Å². The van der Waals surface area contributed by atoms with Crippen molar-refractivity contribution in [2.45, 2.75) is 44.1 Å². The summed E-state index contributed by atoms with van der Waals surface area (Å²) in [4.78, 5) is 12.4. The van der Waals surface area contributed by atoms with Crippen molar-refractivity contribution >= 4 is 11.6 Å². The first-order chi connectivity index (χ1) is 11.2. The molecule has 124 valence electrons. The molecule has 4 aliphatic rings. The predicted molar refractivity (Wildman–Crippen MR) is 89.3 cm³/mol. The molecule has 0 radical (unpaired) electrons. The van der Waals surface area contributed by atoms with Gasteiger partial charge in [0.1, 0.15) is 5.75 Å². The summed E-state index contributed by atoms with van der Waals surface area (Å²) in [6.45, 7) is 0.518. The molecule has 23 heavy (non-hydrogen) atoms. The molecule has 0 heterocycles. The van der Waals surface area contributed by atoms with E-state index in [0.29, 0.717) is 12.1 Å². The van der Waals surface area contributed by atoms with Crippen molar-refractivity contribution in [1.82, 2.24) is 0 Å². The number of benzene rings is 1. The van der Waals surface area contributed by atoms with Gasteiger partial charge in [0, 0.05) is 19.3 Å². The highest BCUT2D eigenvalue weighted by molar-refractivity contribution is 5.92. The average Bonchev–Trinajstić information content (AvgIpc) is 2.52. The van der Waals surface area contributed by atoms with E-state index in [2.05, 4.69) is 10.6 Å². The Bertz CT molecular complexity index is 564. The number of ether oxygens (including phenoxy) is 1. The molecule has 4 nitrogen and oxygen atoms in total. The van der Waals surface area contributed by atoms with E-state index in [1.165, 1.54) is 38.5 Å². The Kier molecular flexibility index (Phi) is 3.80. The first kappa shape index (κ1) is 15.0. The second-order valence-electron chi connectivity index (χ2n) is 7.94. The topological polar surface area (TPSA) is 54.9 Å². The number of quaternary nitrogens is 1. The molecule has 0 spiro atoms. The molecule has 1 aromatic carbocycles. The number of anilines is 1. The molecule has 0 unspecified atom stereocenters. The maximum Gasteiger partial charge on any atom is 0.279 e. The van der Waals surface area contributed by atoms with Crippen LogP contribution in [0.15, 0.2) is 24.3 Å². The van der Waals surface area contributed by atoms with E-state index < -0.39 is 0 Å². The molecule has 0 atom stereocenters. The number of rotatable bonds is 5. The van der Waals surface area contributed by atoms with Crippen LogP contribution in [0.1, 0.15) is 38.5 Å². The van der Waals surface area contributed by atoms with Gasteiger partial charge in [0.05, 0.1) is 18.3 Å². The number of nitrogens with two attached hydrogens (primary N) is 1. The van der Waals surface area contributed by atoms with Gasteiger partial charge in [-0.3, -0.25) is 4.79 Å². The highest BCUT2D eigenvalue weighted by atomic mass is 16.5. The lowest BCUT2D eigenvalue weighted by molar-refractivity contribution is -0.729. The number of hydrogen-bond donors (Lipinski definition) is 2. The summed E-state index contributed by atoms with van der Waals surface area (Å²) >= 11 is 0. The highest BCUT2D eigenvalue weighted by Gasteiger charge is 2.53. The Balaban J connectivity index is 1.37. The summed E-state index contributed by atoms with van der Waals surface area (Å²) < 4.78 is 5.30. The van der Waals surface area contributed by atoms with E-state index in [1.807, 2.05) is 24.3 Å². The van der Waals surface area contributed by atoms with Crippen molar-refractivity contribution in [2.75, 3.05) is 19.0 Å². The normalized spacial score (nSPS) is 34.4. The lowest BCUT2D eigenvalue weighted by Crippen LogP contribution is -3.00. The van der Waals surface area contributed by atoms with Gasteiger partial charge in [0.2, 0.25) is 0 Å². The van der Waals surface area contributed by atoms with Crippen LogP contribution in [-0.4, -0.2) is 25.1 Å². The van der Waals surface area contributed by atoms with Crippen molar-refractivity contribution in [2.24, 2.45) is 17.8 Å². The summed E-state index contributed by atoms with van der Waals surface area (Å²) in [5, 5.41) is 5.35. The fourth-order valence-electron chi connectivity index (χ4n) is 5.69. The quantitative estimate of drug-likeness (QED) is 0.875. The van der Waals surface area contributed by atoms with Crippen molar-refractivity contribution in [3.63, 3.8) is 0 Å². The van der Waals surface area contributed by atoms with E-state index in [0.717, 1.165) is 29.2 Å². The summed E-state index contributed by atoms with van der Waals surface area (Å²) in [7, 11) is 1.63. The molecule has 4 aliphatic carbocycles. The smallest absolute Gasteiger partial charge is 0.279 e. The Morgan fingerprint density at radius 3 is 2.39 bits per heavy atom. The Labute approximate surface area is 138 Å². The van der Waals surface area contributed by atoms with Gasteiger partial charge in [-0.05, 0) is 49.1 Å². The lowest BCUT2D eigenvalue weighted by atomic mass is 9.53. The van der Waals surface area contributed by atoms with Gasteiger partial charge in [-0.1, -0.05) is 12.1 Å². The third kappa shape index (κ3) is 2.97. The van der Waals surface area contributed by atoms with E-state index in [-0.39, 0.29) is 5.91 Å². The van der Waals surface area contributed by atoms with E-state index in [1.54, 1.807) is 7.11 Å². The molecule has 1 aromatic rings. The standard InChI is InChI=1S/C19H26N2O2/c1-23-17-5-3-2-4-16(17)21-18(22)12-20-19-9-13-6-14(10-19)8-15(7-13)11-19/h2-5,13-15,20H,6-12H2,1H3,(H,21,22)/p+1. The second kappa shape index (κ2) is 5.82. The minimum Gasteiger partial charge on any atom is -0.495 e. The van der Waals surface area contributed by atoms with Crippen molar-refractivity contribution in [1.29, 1.82) is 0 Å². The van der Waals surface area contributed by atoms with Gasteiger partial charge >= 0.3 is 0 Å². The Morgan fingerprint density at radius 2 is 1.78 bits per heavy atom. The van der Waals surface area contributed by atoms with E-state index in [9.17, 15) is 4.79 Å². The first-order valence-corrected chi connectivity index (χ1v) is 8.93. The molecule has 3 N–H and O–H groups in total. The number of methoxy groups -OCH3 is 1. The van der Waals surface area contributed by atoms with Crippen LogP contribution >= 0.6 is 0 Å². The van der Waals surface area contributed by atoms with Gasteiger partial charge < -0.3 is 15.4 Å². The van der Waals surface area contributed by atoms with E-state index in [4.69, 9.17) is 4.74 Å². The number of para-hydroxylation sites is 2. The van der Waals surface area contributed by atoms with Crippen LogP contribution in [0.25, 0.3) is 0 Å². The molecule has 5 rings (SSSR count). The SMILES string of the molecule is COc1ccccc1NC(=O)C[NH2+]C12CC3CC(CC(C3)C1)C2.